The lowest BCUT2D eigenvalue weighted by molar-refractivity contribution is -0.103. The summed E-state index contributed by atoms with van der Waals surface area (Å²) in [7, 11) is 2.12. The van der Waals surface area contributed by atoms with Gasteiger partial charge in [0.15, 0.2) is 0 Å². The number of aromatic nitrogens is 2. The van der Waals surface area contributed by atoms with Gasteiger partial charge in [-0.3, -0.25) is 0 Å². The molecule has 142 valence electrons. The summed E-state index contributed by atoms with van der Waals surface area (Å²) in [6, 6.07) is 0. The summed E-state index contributed by atoms with van der Waals surface area (Å²) in [5.74, 6) is 0. The van der Waals surface area contributed by atoms with Gasteiger partial charge in [-0.05, 0) is 39.5 Å². The average molecular weight is 349 g/mol. The lowest BCUT2D eigenvalue weighted by Crippen LogP contribution is -2.58. The molecule has 1 aromatic heterocycles. The van der Waals surface area contributed by atoms with Crippen molar-refractivity contribution in [2.24, 2.45) is 5.41 Å². The van der Waals surface area contributed by atoms with Gasteiger partial charge in [0.25, 0.3) is 0 Å². The Balaban J connectivity index is 2.49. The standard InChI is InChI=1S/C20H36N4O/c1-7-18(25-10-4)15-20(8-2,9-3)19(5,23-12-11-21-16-23)24-14-13-22(6)17-24/h11-14,16,18H,7-10,15,17H2,1-6H3. The van der Waals surface area contributed by atoms with E-state index < -0.39 is 0 Å². The predicted molar refractivity (Wildman–Crippen MR) is 103 cm³/mol. The van der Waals surface area contributed by atoms with Crippen LogP contribution in [-0.4, -0.2) is 45.8 Å². The molecule has 2 atom stereocenters. The van der Waals surface area contributed by atoms with E-state index in [1.165, 1.54) is 0 Å². The van der Waals surface area contributed by atoms with Crippen LogP contribution < -0.4 is 0 Å². The van der Waals surface area contributed by atoms with Gasteiger partial charge in [0.05, 0.1) is 19.1 Å². The van der Waals surface area contributed by atoms with Crippen molar-refractivity contribution in [1.29, 1.82) is 0 Å². The molecule has 5 heteroatoms. The summed E-state index contributed by atoms with van der Waals surface area (Å²) in [5, 5.41) is 0. The van der Waals surface area contributed by atoms with Crippen LogP contribution in [0.1, 0.15) is 60.3 Å². The van der Waals surface area contributed by atoms with E-state index in [0.29, 0.717) is 0 Å². The Labute approximate surface area is 153 Å². The first-order chi connectivity index (χ1) is 12.0. The average Bonchev–Trinajstić information content (AvgIpc) is 3.30. The fourth-order valence-electron chi connectivity index (χ4n) is 4.45. The minimum absolute atomic E-state index is 0.0824. The van der Waals surface area contributed by atoms with E-state index in [9.17, 15) is 0 Å². The second-order valence-electron chi connectivity index (χ2n) is 7.33. The van der Waals surface area contributed by atoms with Crippen LogP contribution in [0, 0.1) is 5.41 Å². The Kier molecular flexibility index (Phi) is 6.55. The number of rotatable bonds is 10. The van der Waals surface area contributed by atoms with Gasteiger partial charge in [-0.15, -0.1) is 0 Å². The van der Waals surface area contributed by atoms with E-state index in [0.717, 1.165) is 39.0 Å². The van der Waals surface area contributed by atoms with E-state index in [1.807, 2.05) is 12.5 Å². The second kappa shape index (κ2) is 8.26. The monoisotopic (exact) mass is 348 g/mol. The van der Waals surface area contributed by atoms with E-state index in [2.05, 4.69) is 79.6 Å². The Bertz CT molecular complexity index is 538. The van der Waals surface area contributed by atoms with Crippen molar-refractivity contribution < 1.29 is 4.74 Å². The zero-order valence-electron chi connectivity index (χ0n) is 16.9. The summed E-state index contributed by atoms with van der Waals surface area (Å²) in [4.78, 5) is 9.05. The molecule has 0 aromatic carbocycles. The lowest BCUT2D eigenvalue weighted by Gasteiger charge is -2.54. The molecule has 0 saturated carbocycles. The van der Waals surface area contributed by atoms with Crippen molar-refractivity contribution in [2.75, 3.05) is 20.3 Å². The number of nitrogens with zero attached hydrogens (tertiary/aromatic N) is 4. The molecule has 0 spiro atoms. The molecule has 0 bridgehead atoms. The number of hydrogen-bond acceptors (Lipinski definition) is 4. The van der Waals surface area contributed by atoms with Crippen LogP contribution in [0.15, 0.2) is 31.1 Å². The van der Waals surface area contributed by atoms with Gasteiger partial charge in [-0.2, -0.15) is 0 Å². The smallest absolute Gasteiger partial charge is 0.122 e. The summed E-state index contributed by atoms with van der Waals surface area (Å²) in [6.07, 6.45) is 14.9. The highest BCUT2D eigenvalue weighted by Crippen LogP contribution is 2.50. The molecule has 2 rings (SSSR count). The summed E-state index contributed by atoms with van der Waals surface area (Å²) < 4.78 is 8.37. The van der Waals surface area contributed by atoms with Crippen molar-refractivity contribution in [3.8, 4) is 0 Å². The zero-order valence-corrected chi connectivity index (χ0v) is 16.9. The molecular formula is C20H36N4O. The highest BCUT2D eigenvalue weighted by atomic mass is 16.5. The largest absolute Gasteiger partial charge is 0.378 e. The van der Waals surface area contributed by atoms with E-state index in [4.69, 9.17) is 4.74 Å². The minimum atomic E-state index is -0.196. The van der Waals surface area contributed by atoms with Gasteiger partial charge in [-0.25, -0.2) is 4.98 Å². The van der Waals surface area contributed by atoms with Gasteiger partial charge in [0.2, 0.25) is 0 Å². The van der Waals surface area contributed by atoms with E-state index >= 15 is 0 Å². The third kappa shape index (κ3) is 3.57. The molecule has 0 fully saturated rings. The Morgan fingerprint density at radius 2 is 1.88 bits per heavy atom. The minimum Gasteiger partial charge on any atom is -0.378 e. The second-order valence-corrected chi connectivity index (χ2v) is 7.33. The molecule has 1 aliphatic heterocycles. The fraction of sp³-hybridized carbons (Fsp3) is 0.750. The van der Waals surface area contributed by atoms with Gasteiger partial charge < -0.3 is 19.1 Å². The fourth-order valence-corrected chi connectivity index (χ4v) is 4.45. The number of hydrogen-bond donors (Lipinski definition) is 0. The van der Waals surface area contributed by atoms with Gasteiger partial charge >= 0.3 is 0 Å². The molecule has 2 unspecified atom stereocenters. The Hall–Kier alpha value is -1.49. The normalized spacial score (nSPS) is 18.6. The molecule has 2 heterocycles. The van der Waals surface area contributed by atoms with Crippen LogP contribution in [0.2, 0.25) is 0 Å². The quantitative estimate of drug-likeness (QED) is 0.633. The first kappa shape index (κ1) is 19.8. The van der Waals surface area contributed by atoms with Crippen molar-refractivity contribution in [3.63, 3.8) is 0 Å². The molecule has 0 aliphatic carbocycles. The van der Waals surface area contributed by atoms with Crippen LogP contribution in [0.5, 0.6) is 0 Å². The van der Waals surface area contributed by atoms with Gasteiger partial charge in [0, 0.05) is 43.9 Å². The SMILES string of the molecule is CCOC(CC)CC(CC)(CC)C(C)(N1C=CN(C)C1)n1ccnc1. The Morgan fingerprint density at radius 3 is 2.32 bits per heavy atom. The maximum Gasteiger partial charge on any atom is 0.122 e. The van der Waals surface area contributed by atoms with Gasteiger partial charge in [-0.1, -0.05) is 20.8 Å². The first-order valence-corrected chi connectivity index (χ1v) is 9.72. The molecule has 1 aromatic rings. The number of imidazole rings is 1. The van der Waals surface area contributed by atoms with Gasteiger partial charge in [0.1, 0.15) is 5.66 Å². The highest BCUT2D eigenvalue weighted by molar-refractivity contribution is 5.07. The predicted octanol–water partition coefficient (Wildman–Crippen LogP) is 4.24. The van der Waals surface area contributed by atoms with Crippen LogP contribution in [0.25, 0.3) is 0 Å². The van der Waals surface area contributed by atoms with Crippen molar-refractivity contribution in [2.45, 2.75) is 72.1 Å². The van der Waals surface area contributed by atoms with Crippen molar-refractivity contribution >= 4 is 0 Å². The summed E-state index contributed by atoms with van der Waals surface area (Å²) >= 11 is 0. The maximum atomic E-state index is 6.07. The van der Waals surface area contributed by atoms with Crippen LogP contribution in [-0.2, 0) is 10.4 Å². The number of ether oxygens (including phenoxy) is 1. The molecule has 1 aliphatic rings. The third-order valence-corrected chi connectivity index (χ3v) is 6.28. The van der Waals surface area contributed by atoms with Crippen molar-refractivity contribution in [1.82, 2.24) is 19.4 Å². The Morgan fingerprint density at radius 1 is 1.16 bits per heavy atom. The third-order valence-electron chi connectivity index (χ3n) is 6.28. The van der Waals surface area contributed by atoms with Crippen LogP contribution in [0.3, 0.4) is 0 Å². The van der Waals surface area contributed by atoms with E-state index in [1.54, 1.807) is 0 Å². The molecular weight excluding hydrogens is 312 g/mol. The van der Waals surface area contributed by atoms with Crippen LogP contribution >= 0.6 is 0 Å². The van der Waals surface area contributed by atoms with E-state index in [-0.39, 0.29) is 17.2 Å². The summed E-state index contributed by atoms with van der Waals surface area (Å²) in [6.45, 7) is 13.0. The molecule has 5 nitrogen and oxygen atoms in total. The molecule has 0 saturated heterocycles. The zero-order chi connectivity index (χ0) is 18.5. The van der Waals surface area contributed by atoms with Crippen molar-refractivity contribution in [3.05, 3.63) is 31.1 Å². The van der Waals surface area contributed by atoms with Crippen LogP contribution in [0.4, 0.5) is 0 Å². The topological polar surface area (TPSA) is 33.5 Å². The maximum absolute atomic E-state index is 6.07. The first-order valence-electron chi connectivity index (χ1n) is 9.72. The highest BCUT2D eigenvalue weighted by Gasteiger charge is 2.51. The summed E-state index contributed by atoms with van der Waals surface area (Å²) in [5.41, 5.74) is -0.113. The molecule has 0 amide bonds. The molecule has 25 heavy (non-hydrogen) atoms. The molecule has 0 N–H and O–H groups in total. The lowest BCUT2D eigenvalue weighted by atomic mass is 9.66. The molecule has 0 radical (unpaired) electrons.